The van der Waals surface area contributed by atoms with Crippen molar-refractivity contribution < 1.29 is 45.0 Å². The average Bonchev–Trinajstić information content (AvgIpc) is 2.98. The minimum atomic E-state index is -4.82. The molecule has 3 aromatic carbocycles. The number of carbonyl (C=O) groups is 2. The maximum atomic E-state index is 14.7. The van der Waals surface area contributed by atoms with E-state index >= 15 is 0 Å². The van der Waals surface area contributed by atoms with Gasteiger partial charge in [0.25, 0.3) is 0 Å². The molecule has 0 fully saturated rings. The number of alkyl halides is 4. The lowest BCUT2D eigenvalue weighted by Crippen LogP contribution is -2.51. The Hall–Kier alpha value is -4.17. The lowest BCUT2D eigenvalue weighted by Gasteiger charge is -2.30. The maximum absolute atomic E-state index is 14.7. The van der Waals surface area contributed by atoms with Gasteiger partial charge in [-0.05, 0) is 87.7 Å². The van der Waals surface area contributed by atoms with Gasteiger partial charge >= 0.3 is 12.1 Å². The van der Waals surface area contributed by atoms with E-state index in [1.807, 2.05) is 0 Å². The predicted octanol–water partition coefficient (Wildman–Crippen LogP) is 6.41. The number of esters is 1. The van der Waals surface area contributed by atoms with Gasteiger partial charge in [0.05, 0.1) is 10.9 Å². The summed E-state index contributed by atoms with van der Waals surface area (Å²) in [7, 11) is -3.41. The SMILES string of the molecule is CC(C)(F)C[C@H](N[C@@H](c1ccc(-c2ccc(S(C)(=O)=O)cc2)cc1)C(F)(F)F)C(=O)NCCNc1ccc(OCC(=O)OC(C)(C)C)cc1. The Morgan fingerprint density at radius 3 is 1.84 bits per heavy atom. The van der Waals surface area contributed by atoms with E-state index in [0.717, 1.165) is 6.26 Å². The largest absolute Gasteiger partial charge is 0.482 e. The normalized spacial score (nSPS) is 13.7. The van der Waals surface area contributed by atoms with Crippen molar-refractivity contribution in [3.05, 3.63) is 78.4 Å². The molecule has 14 heteroatoms. The summed E-state index contributed by atoms with van der Waals surface area (Å²) < 4.78 is 91.8. The van der Waals surface area contributed by atoms with Crippen LogP contribution in [0.1, 0.15) is 52.6 Å². The zero-order valence-electron chi connectivity index (χ0n) is 28.3. The predicted molar refractivity (Wildman–Crippen MR) is 180 cm³/mol. The second-order valence-corrected chi connectivity index (χ2v) is 15.2. The van der Waals surface area contributed by atoms with Crippen molar-refractivity contribution in [1.29, 1.82) is 0 Å². The van der Waals surface area contributed by atoms with Crippen LogP contribution < -0.4 is 20.7 Å². The van der Waals surface area contributed by atoms with Crippen LogP contribution in [-0.4, -0.2) is 69.7 Å². The summed E-state index contributed by atoms with van der Waals surface area (Å²) in [6, 6.07) is 14.2. The maximum Gasteiger partial charge on any atom is 0.407 e. The van der Waals surface area contributed by atoms with Crippen molar-refractivity contribution >= 4 is 27.4 Å². The summed E-state index contributed by atoms with van der Waals surface area (Å²) in [5.74, 6) is -0.871. The molecule has 3 N–H and O–H groups in total. The summed E-state index contributed by atoms with van der Waals surface area (Å²) in [5, 5.41) is 7.98. The summed E-state index contributed by atoms with van der Waals surface area (Å²) in [4.78, 5) is 25.0. The van der Waals surface area contributed by atoms with E-state index in [4.69, 9.17) is 9.47 Å². The highest BCUT2D eigenvalue weighted by atomic mass is 32.2. The molecule has 0 heterocycles. The standard InChI is InChI=1S/C35H43F4N3O6S/c1-33(2,3)48-30(43)22-47-27-15-13-26(14-16-27)40-19-20-41-32(44)29(21-34(4,5)36)42-31(35(37,38)39)25-9-7-23(8-10-25)24-11-17-28(18-12-24)49(6,45)46/h7-18,29,31,40,42H,19-22H2,1-6H3,(H,41,44)/t29-,31-/m0/s1. The Morgan fingerprint density at radius 1 is 0.796 bits per heavy atom. The molecule has 0 saturated carbocycles. The monoisotopic (exact) mass is 709 g/mol. The first-order chi connectivity index (χ1) is 22.6. The van der Waals surface area contributed by atoms with Crippen LogP contribution >= 0.6 is 0 Å². The zero-order chi connectivity index (χ0) is 36.6. The van der Waals surface area contributed by atoms with Crippen LogP contribution in [0, 0.1) is 0 Å². The fourth-order valence-electron chi connectivity index (χ4n) is 4.75. The fraction of sp³-hybridized carbons (Fsp3) is 0.429. The van der Waals surface area contributed by atoms with E-state index < -0.39 is 57.7 Å². The third-order valence-electron chi connectivity index (χ3n) is 6.95. The smallest absolute Gasteiger partial charge is 0.407 e. The quantitative estimate of drug-likeness (QED) is 0.0941. The number of sulfone groups is 1. The van der Waals surface area contributed by atoms with E-state index in [0.29, 0.717) is 22.6 Å². The molecule has 49 heavy (non-hydrogen) atoms. The highest BCUT2D eigenvalue weighted by Gasteiger charge is 2.43. The molecule has 0 spiro atoms. The minimum absolute atomic E-state index is 0.0319. The number of halogens is 4. The number of ether oxygens (including phenoxy) is 2. The molecule has 9 nitrogen and oxygen atoms in total. The Morgan fingerprint density at radius 2 is 1.35 bits per heavy atom. The van der Waals surface area contributed by atoms with Gasteiger partial charge in [0.2, 0.25) is 5.91 Å². The molecule has 0 aliphatic rings. The third-order valence-corrected chi connectivity index (χ3v) is 8.07. The van der Waals surface area contributed by atoms with Crippen molar-refractivity contribution in [3.63, 3.8) is 0 Å². The summed E-state index contributed by atoms with van der Waals surface area (Å²) in [6.07, 6.45) is -4.26. The van der Waals surface area contributed by atoms with Gasteiger partial charge in [0.15, 0.2) is 16.4 Å². The molecule has 1 amide bonds. The topological polar surface area (TPSA) is 123 Å². The Balaban J connectivity index is 1.62. The van der Waals surface area contributed by atoms with E-state index in [2.05, 4.69) is 16.0 Å². The first-order valence-corrected chi connectivity index (χ1v) is 17.4. The first kappa shape index (κ1) is 39.3. The Bertz CT molecular complexity index is 1650. The van der Waals surface area contributed by atoms with Crippen LogP contribution in [-0.2, 0) is 24.2 Å². The van der Waals surface area contributed by atoms with E-state index in [1.165, 1.54) is 50.2 Å². The van der Waals surface area contributed by atoms with Crippen LogP contribution in [0.15, 0.2) is 77.7 Å². The number of amides is 1. The van der Waals surface area contributed by atoms with Crippen LogP contribution in [0.3, 0.4) is 0 Å². The van der Waals surface area contributed by atoms with Crippen LogP contribution in [0.4, 0.5) is 23.2 Å². The van der Waals surface area contributed by atoms with E-state index in [1.54, 1.807) is 57.2 Å². The summed E-state index contributed by atoms with van der Waals surface area (Å²) >= 11 is 0. The molecule has 0 aliphatic carbocycles. The number of carbonyl (C=O) groups excluding carboxylic acids is 2. The number of anilines is 1. The number of nitrogens with one attached hydrogen (secondary N) is 3. The fourth-order valence-corrected chi connectivity index (χ4v) is 5.38. The van der Waals surface area contributed by atoms with Gasteiger partial charge in [-0.15, -0.1) is 0 Å². The van der Waals surface area contributed by atoms with Gasteiger partial charge in [-0.2, -0.15) is 13.2 Å². The van der Waals surface area contributed by atoms with Gasteiger partial charge < -0.3 is 20.1 Å². The second kappa shape index (κ2) is 16.0. The lowest BCUT2D eigenvalue weighted by molar-refractivity contribution is -0.161. The first-order valence-electron chi connectivity index (χ1n) is 15.5. The van der Waals surface area contributed by atoms with Crippen LogP contribution in [0.2, 0.25) is 0 Å². The average molecular weight is 710 g/mol. The minimum Gasteiger partial charge on any atom is -0.482 e. The second-order valence-electron chi connectivity index (χ2n) is 13.2. The molecule has 0 bridgehead atoms. The molecular weight excluding hydrogens is 666 g/mol. The Kier molecular flexibility index (Phi) is 12.8. The molecule has 0 radical (unpaired) electrons. The zero-order valence-corrected chi connectivity index (χ0v) is 29.1. The third kappa shape index (κ3) is 13.3. The van der Waals surface area contributed by atoms with Crippen molar-refractivity contribution in [2.45, 2.75) is 75.5 Å². The number of hydrogen-bond donors (Lipinski definition) is 3. The number of hydrogen-bond acceptors (Lipinski definition) is 8. The van der Waals surface area contributed by atoms with Gasteiger partial charge in [-0.1, -0.05) is 36.4 Å². The molecule has 2 atom stereocenters. The lowest BCUT2D eigenvalue weighted by atomic mass is 9.96. The molecule has 3 aromatic rings. The molecule has 3 rings (SSSR count). The van der Waals surface area contributed by atoms with Crippen molar-refractivity contribution in [2.75, 3.05) is 31.3 Å². The van der Waals surface area contributed by atoms with Gasteiger partial charge in [-0.25, -0.2) is 17.6 Å². The van der Waals surface area contributed by atoms with Crippen LogP contribution in [0.25, 0.3) is 11.1 Å². The molecule has 0 aliphatic heterocycles. The molecule has 0 aromatic heterocycles. The number of rotatable bonds is 15. The van der Waals surface area contributed by atoms with Crippen LogP contribution in [0.5, 0.6) is 5.75 Å². The van der Waals surface area contributed by atoms with E-state index in [9.17, 15) is 35.6 Å². The van der Waals surface area contributed by atoms with Gasteiger partial charge in [0, 0.05) is 31.5 Å². The Labute approximate surface area is 284 Å². The molecular formula is C35H43F4N3O6S. The van der Waals surface area contributed by atoms with Crippen molar-refractivity contribution in [3.8, 4) is 16.9 Å². The summed E-state index contributed by atoms with van der Waals surface area (Å²) in [5.41, 5.74) is -0.959. The van der Waals surface area contributed by atoms with E-state index in [-0.39, 0.29) is 30.2 Å². The number of benzene rings is 3. The van der Waals surface area contributed by atoms with Crippen molar-refractivity contribution in [1.82, 2.24) is 10.6 Å². The molecule has 268 valence electrons. The van der Waals surface area contributed by atoms with Gasteiger partial charge in [-0.3, -0.25) is 10.1 Å². The highest BCUT2D eigenvalue weighted by molar-refractivity contribution is 7.90. The molecule has 0 unspecified atom stereocenters. The molecule has 0 saturated heterocycles. The summed E-state index contributed by atoms with van der Waals surface area (Å²) in [6.45, 7) is 7.61. The van der Waals surface area contributed by atoms with Crippen molar-refractivity contribution in [2.24, 2.45) is 0 Å². The highest BCUT2D eigenvalue weighted by Crippen LogP contribution is 2.35. The van der Waals surface area contributed by atoms with Gasteiger partial charge in [0.1, 0.15) is 23.1 Å².